The van der Waals surface area contributed by atoms with Crippen molar-refractivity contribution >= 4 is 11.3 Å². The van der Waals surface area contributed by atoms with Gasteiger partial charge in [-0.3, -0.25) is 4.90 Å². The molecular formula is C15H24N2S. The van der Waals surface area contributed by atoms with Crippen molar-refractivity contribution in [2.75, 3.05) is 26.7 Å². The molecule has 1 spiro atoms. The normalized spacial score (nSPS) is 25.6. The smallest absolute Gasteiger partial charge is 0.0327 e. The zero-order valence-corrected chi connectivity index (χ0v) is 12.2. The van der Waals surface area contributed by atoms with Gasteiger partial charge in [-0.25, -0.2) is 0 Å². The highest BCUT2D eigenvalue weighted by molar-refractivity contribution is 7.09. The van der Waals surface area contributed by atoms with Crippen LogP contribution in [0.1, 0.15) is 37.0 Å². The van der Waals surface area contributed by atoms with E-state index in [1.165, 1.54) is 56.6 Å². The Balaban J connectivity index is 1.57. The Hall–Kier alpha value is -0.380. The average molecular weight is 264 g/mol. The Morgan fingerprint density at radius 3 is 2.67 bits per heavy atom. The second-order valence-electron chi connectivity index (χ2n) is 5.96. The van der Waals surface area contributed by atoms with E-state index < -0.39 is 0 Å². The van der Waals surface area contributed by atoms with Crippen LogP contribution in [0.25, 0.3) is 0 Å². The average Bonchev–Trinajstić information content (AvgIpc) is 2.89. The fourth-order valence-corrected chi connectivity index (χ4v) is 4.36. The lowest BCUT2D eigenvalue weighted by Gasteiger charge is -2.50. The summed E-state index contributed by atoms with van der Waals surface area (Å²) >= 11 is 1.89. The van der Waals surface area contributed by atoms with Gasteiger partial charge in [0, 0.05) is 30.1 Å². The monoisotopic (exact) mass is 264 g/mol. The Kier molecular flexibility index (Phi) is 3.73. The van der Waals surface area contributed by atoms with Crippen LogP contribution in [-0.4, -0.2) is 42.0 Å². The van der Waals surface area contributed by atoms with Gasteiger partial charge in [0.1, 0.15) is 0 Å². The summed E-state index contributed by atoms with van der Waals surface area (Å²) in [5, 5.41) is 2.19. The molecule has 2 nitrogen and oxygen atoms in total. The SMILES string of the molecule is CN1CCCCC12CCN(Cc1cccs1)CC2. The predicted molar refractivity (Wildman–Crippen MR) is 78.0 cm³/mol. The lowest BCUT2D eigenvalue weighted by atomic mass is 9.79. The summed E-state index contributed by atoms with van der Waals surface area (Å²) < 4.78 is 0. The first kappa shape index (κ1) is 12.6. The minimum Gasteiger partial charge on any atom is -0.301 e. The summed E-state index contributed by atoms with van der Waals surface area (Å²) in [7, 11) is 2.34. The summed E-state index contributed by atoms with van der Waals surface area (Å²) in [4.78, 5) is 6.81. The van der Waals surface area contributed by atoms with Crippen molar-refractivity contribution in [3.63, 3.8) is 0 Å². The lowest BCUT2D eigenvalue weighted by molar-refractivity contribution is 0.00843. The Labute approximate surface area is 115 Å². The number of piperidine rings is 2. The zero-order chi connectivity index (χ0) is 12.4. The maximum absolute atomic E-state index is 2.65. The molecular weight excluding hydrogens is 240 g/mol. The minimum absolute atomic E-state index is 0.546. The second kappa shape index (κ2) is 5.32. The highest BCUT2D eigenvalue weighted by Crippen LogP contribution is 2.36. The van der Waals surface area contributed by atoms with E-state index in [0.29, 0.717) is 5.54 Å². The Bertz CT molecular complexity index is 366. The van der Waals surface area contributed by atoms with Gasteiger partial charge in [-0.1, -0.05) is 12.5 Å². The number of nitrogens with zero attached hydrogens (tertiary/aromatic N) is 2. The molecule has 2 aliphatic heterocycles. The van der Waals surface area contributed by atoms with Crippen molar-refractivity contribution in [2.24, 2.45) is 0 Å². The first-order chi connectivity index (χ1) is 8.78. The van der Waals surface area contributed by atoms with E-state index in [1.807, 2.05) is 11.3 Å². The van der Waals surface area contributed by atoms with Crippen LogP contribution in [0.4, 0.5) is 0 Å². The fourth-order valence-electron chi connectivity index (χ4n) is 3.61. The summed E-state index contributed by atoms with van der Waals surface area (Å²) in [5.74, 6) is 0. The van der Waals surface area contributed by atoms with Crippen LogP contribution >= 0.6 is 11.3 Å². The van der Waals surface area contributed by atoms with E-state index in [1.54, 1.807) is 0 Å². The molecule has 1 aromatic rings. The summed E-state index contributed by atoms with van der Waals surface area (Å²) in [6, 6.07) is 4.43. The molecule has 0 atom stereocenters. The number of thiophene rings is 1. The summed E-state index contributed by atoms with van der Waals surface area (Å²) in [6.45, 7) is 5.03. The maximum atomic E-state index is 2.65. The molecule has 0 aliphatic carbocycles. The van der Waals surface area contributed by atoms with E-state index in [9.17, 15) is 0 Å². The van der Waals surface area contributed by atoms with Crippen LogP contribution in [0.15, 0.2) is 17.5 Å². The molecule has 3 heteroatoms. The first-order valence-corrected chi connectivity index (χ1v) is 8.12. The molecule has 0 unspecified atom stereocenters. The minimum atomic E-state index is 0.546. The van der Waals surface area contributed by atoms with Crippen LogP contribution in [0, 0.1) is 0 Å². The molecule has 2 saturated heterocycles. The summed E-state index contributed by atoms with van der Waals surface area (Å²) in [6.07, 6.45) is 7.01. The largest absolute Gasteiger partial charge is 0.301 e. The van der Waals surface area contributed by atoms with E-state index in [0.717, 1.165) is 6.54 Å². The van der Waals surface area contributed by atoms with E-state index in [2.05, 4.69) is 34.4 Å². The third-order valence-corrected chi connectivity index (χ3v) is 5.80. The van der Waals surface area contributed by atoms with Gasteiger partial charge in [-0.2, -0.15) is 0 Å². The number of hydrogen-bond acceptors (Lipinski definition) is 3. The molecule has 0 radical (unpaired) electrons. The van der Waals surface area contributed by atoms with Crippen LogP contribution in [0.3, 0.4) is 0 Å². The molecule has 100 valence electrons. The van der Waals surface area contributed by atoms with Crippen molar-refractivity contribution < 1.29 is 0 Å². The van der Waals surface area contributed by atoms with E-state index >= 15 is 0 Å². The van der Waals surface area contributed by atoms with Crippen LogP contribution in [-0.2, 0) is 6.54 Å². The molecule has 0 bridgehead atoms. The maximum Gasteiger partial charge on any atom is 0.0327 e. The van der Waals surface area contributed by atoms with Gasteiger partial charge in [-0.15, -0.1) is 11.3 Å². The van der Waals surface area contributed by atoms with Crippen molar-refractivity contribution in [2.45, 2.75) is 44.2 Å². The lowest BCUT2D eigenvalue weighted by Crippen LogP contribution is -2.55. The molecule has 18 heavy (non-hydrogen) atoms. The van der Waals surface area contributed by atoms with Gasteiger partial charge in [0.2, 0.25) is 0 Å². The molecule has 3 heterocycles. The highest BCUT2D eigenvalue weighted by atomic mass is 32.1. The molecule has 0 N–H and O–H groups in total. The fraction of sp³-hybridized carbons (Fsp3) is 0.733. The van der Waals surface area contributed by atoms with Gasteiger partial charge in [0.05, 0.1) is 0 Å². The standard InChI is InChI=1S/C15H24N2S/c1-16-9-3-2-6-15(16)7-10-17(11-8-15)13-14-5-4-12-18-14/h4-5,12H,2-3,6-11,13H2,1H3. The molecule has 2 fully saturated rings. The van der Waals surface area contributed by atoms with Crippen LogP contribution in [0.5, 0.6) is 0 Å². The van der Waals surface area contributed by atoms with Crippen molar-refractivity contribution in [1.29, 1.82) is 0 Å². The predicted octanol–water partition coefficient (Wildman–Crippen LogP) is 3.20. The third kappa shape index (κ3) is 2.49. The molecule has 2 aliphatic rings. The van der Waals surface area contributed by atoms with Gasteiger partial charge >= 0.3 is 0 Å². The second-order valence-corrected chi connectivity index (χ2v) is 6.99. The molecule has 0 aromatic carbocycles. The van der Waals surface area contributed by atoms with Gasteiger partial charge in [0.15, 0.2) is 0 Å². The Morgan fingerprint density at radius 2 is 2.00 bits per heavy atom. The van der Waals surface area contributed by atoms with E-state index in [4.69, 9.17) is 0 Å². The van der Waals surface area contributed by atoms with Crippen LogP contribution < -0.4 is 0 Å². The zero-order valence-electron chi connectivity index (χ0n) is 11.4. The topological polar surface area (TPSA) is 6.48 Å². The number of rotatable bonds is 2. The van der Waals surface area contributed by atoms with Gasteiger partial charge in [-0.05, 0) is 50.7 Å². The van der Waals surface area contributed by atoms with Crippen molar-refractivity contribution in [1.82, 2.24) is 9.80 Å². The van der Waals surface area contributed by atoms with Crippen molar-refractivity contribution in [3.05, 3.63) is 22.4 Å². The molecule has 1 aromatic heterocycles. The third-order valence-electron chi connectivity index (χ3n) is 4.94. The first-order valence-electron chi connectivity index (χ1n) is 7.25. The molecule has 0 amide bonds. The summed E-state index contributed by atoms with van der Waals surface area (Å²) in [5.41, 5.74) is 0.546. The molecule has 3 rings (SSSR count). The quantitative estimate of drug-likeness (QED) is 0.809. The van der Waals surface area contributed by atoms with Crippen LogP contribution in [0.2, 0.25) is 0 Å². The highest BCUT2D eigenvalue weighted by Gasteiger charge is 2.39. The number of likely N-dealkylation sites (tertiary alicyclic amines) is 2. The Morgan fingerprint density at radius 1 is 1.17 bits per heavy atom. The van der Waals surface area contributed by atoms with Crippen molar-refractivity contribution in [3.8, 4) is 0 Å². The number of hydrogen-bond donors (Lipinski definition) is 0. The molecule has 0 saturated carbocycles. The van der Waals surface area contributed by atoms with E-state index in [-0.39, 0.29) is 0 Å². The van der Waals surface area contributed by atoms with Gasteiger partial charge in [0.25, 0.3) is 0 Å². The van der Waals surface area contributed by atoms with Gasteiger partial charge < -0.3 is 4.90 Å².